The van der Waals surface area contributed by atoms with Crippen LogP contribution in [-0.2, 0) is 6.42 Å². The van der Waals surface area contributed by atoms with Gasteiger partial charge in [-0.3, -0.25) is 4.79 Å². The standard InChI is InChI=1S/C19H23F3N2O2/c1-5-7-15-17(16(18(23)25)12(4)24(15)11(2)3)13-8-6-9-14(10-13)26-19(20,21)22/h6,8-11H,5,7H2,1-4H3,(H2,23,25). The normalized spacial score (nSPS) is 11.8. The fourth-order valence-electron chi connectivity index (χ4n) is 3.41. The van der Waals surface area contributed by atoms with Gasteiger partial charge in [-0.15, -0.1) is 13.2 Å². The molecule has 0 saturated heterocycles. The lowest BCUT2D eigenvalue weighted by Gasteiger charge is -2.16. The molecule has 0 aliphatic carbocycles. The zero-order chi connectivity index (χ0) is 19.6. The lowest BCUT2D eigenvalue weighted by atomic mass is 9.98. The topological polar surface area (TPSA) is 57.2 Å². The maximum absolute atomic E-state index is 12.6. The molecule has 0 fully saturated rings. The molecule has 0 radical (unpaired) electrons. The first-order valence-electron chi connectivity index (χ1n) is 8.46. The van der Waals surface area contributed by atoms with Gasteiger partial charge in [0.1, 0.15) is 5.75 Å². The van der Waals surface area contributed by atoms with Gasteiger partial charge in [0, 0.05) is 23.0 Å². The van der Waals surface area contributed by atoms with E-state index in [1.54, 1.807) is 13.0 Å². The summed E-state index contributed by atoms with van der Waals surface area (Å²) in [7, 11) is 0. The fraction of sp³-hybridized carbons (Fsp3) is 0.421. The number of amides is 1. The Bertz CT molecular complexity index is 808. The van der Waals surface area contributed by atoms with Crippen LogP contribution in [0.5, 0.6) is 5.75 Å². The lowest BCUT2D eigenvalue weighted by molar-refractivity contribution is -0.274. The van der Waals surface area contributed by atoms with Crippen molar-refractivity contribution in [3.05, 3.63) is 41.2 Å². The fourth-order valence-corrected chi connectivity index (χ4v) is 3.41. The van der Waals surface area contributed by atoms with Gasteiger partial charge in [-0.05, 0) is 44.9 Å². The first-order chi connectivity index (χ1) is 12.1. The Morgan fingerprint density at radius 2 is 1.96 bits per heavy atom. The smallest absolute Gasteiger partial charge is 0.406 e. The van der Waals surface area contributed by atoms with Crippen molar-refractivity contribution in [2.45, 2.75) is 52.9 Å². The highest BCUT2D eigenvalue weighted by Crippen LogP contribution is 2.37. The molecule has 1 aromatic carbocycles. The molecule has 1 aromatic heterocycles. The number of carbonyl (C=O) groups is 1. The molecule has 0 bridgehead atoms. The zero-order valence-corrected chi connectivity index (χ0v) is 15.3. The molecule has 4 nitrogen and oxygen atoms in total. The highest BCUT2D eigenvalue weighted by atomic mass is 19.4. The van der Waals surface area contributed by atoms with E-state index in [2.05, 4.69) is 4.74 Å². The number of benzene rings is 1. The lowest BCUT2D eigenvalue weighted by Crippen LogP contribution is -2.17. The molecule has 2 N–H and O–H groups in total. The summed E-state index contributed by atoms with van der Waals surface area (Å²) in [6.07, 6.45) is -3.29. The molecule has 1 amide bonds. The molecule has 2 aromatic rings. The highest BCUT2D eigenvalue weighted by molar-refractivity contribution is 6.02. The molecular formula is C19H23F3N2O2. The number of alkyl halides is 3. The Morgan fingerprint density at radius 3 is 2.46 bits per heavy atom. The van der Waals surface area contributed by atoms with Crippen molar-refractivity contribution in [1.82, 2.24) is 4.57 Å². The second-order valence-electron chi connectivity index (χ2n) is 6.44. The molecule has 0 aliphatic rings. The molecular weight excluding hydrogens is 345 g/mol. The predicted molar refractivity (Wildman–Crippen MR) is 94.2 cm³/mol. The molecule has 0 atom stereocenters. The first-order valence-corrected chi connectivity index (χ1v) is 8.46. The number of halogens is 3. The summed E-state index contributed by atoms with van der Waals surface area (Å²) in [5, 5.41) is 0. The second-order valence-corrected chi connectivity index (χ2v) is 6.44. The van der Waals surface area contributed by atoms with Crippen molar-refractivity contribution < 1.29 is 22.7 Å². The van der Waals surface area contributed by atoms with E-state index < -0.39 is 12.3 Å². The molecule has 0 saturated carbocycles. The number of nitrogens with two attached hydrogens (primary N) is 1. The number of primary amides is 1. The van der Waals surface area contributed by atoms with E-state index in [1.807, 2.05) is 25.3 Å². The van der Waals surface area contributed by atoms with E-state index >= 15 is 0 Å². The third-order valence-corrected chi connectivity index (χ3v) is 4.16. The van der Waals surface area contributed by atoms with Crippen LogP contribution in [0, 0.1) is 6.92 Å². The van der Waals surface area contributed by atoms with E-state index in [0.29, 0.717) is 28.8 Å². The van der Waals surface area contributed by atoms with Gasteiger partial charge in [0.25, 0.3) is 5.91 Å². The van der Waals surface area contributed by atoms with Crippen molar-refractivity contribution in [2.24, 2.45) is 5.73 Å². The molecule has 7 heteroatoms. The van der Waals surface area contributed by atoms with Crippen LogP contribution in [0.15, 0.2) is 24.3 Å². The Morgan fingerprint density at radius 1 is 1.31 bits per heavy atom. The van der Waals surface area contributed by atoms with E-state index in [4.69, 9.17) is 5.73 Å². The minimum Gasteiger partial charge on any atom is -0.406 e. The van der Waals surface area contributed by atoms with E-state index in [0.717, 1.165) is 12.1 Å². The molecule has 2 rings (SSSR count). The van der Waals surface area contributed by atoms with Gasteiger partial charge in [-0.25, -0.2) is 0 Å². The summed E-state index contributed by atoms with van der Waals surface area (Å²) in [5.74, 6) is -0.931. The van der Waals surface area contributed by atoms with E-state index in [1.165, 1.54) is 18.2 Å². The maximum Gasteiger partial charge on any atom is 0.573 e. The summed E-state index contributed by atoms with van der Waals surface area (Å²) < 4.78 is 43.7. The second kappa shape index (κ2) is 7.43. The third-order valence-electron chi connectivity index (χ3n) is 4.16. The van der Waals surface area contributed by atoms with Crippen molar-refractivity contribution >= 4 is 5.91 Å². The first kappa shape index (κ1) is 19.9. The van der Waals surface area contributed by atoms with Crippen LogP contribution in [0.2, 0.25) is 0 Å². The average Bonchev–Trinajstić information content (AvgIpc) is 2.78. The number of ether oxygens (including phenoxy) is 1. The number of nitrogens with zero attached hydrogens (tertiary/aromatic N) is 1. The van der Waals surface area contributed by atoms with Gasteiger partial charge in [0.05, 0.1) is 5.56 Å². The summed E-state index contributed by atoms with van der Waals surface area (Å²) >= 11 is 0. The monoisotopic (exact) mass is 368 g/mol. The van der Waals surface area contributed by atoms with Gasteiger partial charge in [-0.1, -0.05) is 25.5 Å². The molecule has 0 spiro atoms. The van der Waals surface area contributed by atoms with Gasteiger partial charge >= 0.3 is 6.36 Å². The molecule has 26 heavy (non-hydrogen) atoms. The Labute approximate surface area is 150 Å². The van der Waals surface area contributed by atoms with E-state index in [9.17, 15) is 18.0 Å². The van der Waals surface area contributed by atoms with Crippen molar-refractivity contribution in [2.75, 3.05) is 0 Å². The molecule has 0 aliphatic heterocycles. The largest absolute Gasteiger partial charge is 0.573 e. The van der Waals surface area contributed by atoms with Gasteiger partial charge in [0.2, 0.25) is 0 Å². The van der Waals surface area contributed by atoms with Gasteiger partial charge < -0.3 is 15.0 Å². The van der Waals surface area contributed by atoms with Gasteiger partial charge in [-0.2, -0.15) is 0 Å². The number of hydrogen-bond acceptors (Lipinski definition) is 2. The van der Waals surface area contributed by atoms with Crippen molar-refractivity contribution in [3.8, 4) is 16.9 Å². The highest BCUT2D eigenvalue weighted by Gasteiger charge is 2.31. The van der Waals surface area contributed by atoms with Crippen LogP contribution in [0.25, 0.3) is 11.1 Å². The molecule has 0 unspecified atom stereocenters. The van der Waals surface area contributed by atoms with Crippen molar-refractivity contribution in [1.29, 1.82) is 0 Å². The number of carbonyl (C=O) groups excluding carboxylic acids is 1. The zero-order valence-electron chi connectivity index (χ0n) is 15.3. The Balaban J connectivity index is 2.74. The third kappa shape index (κ3) is 4.03. The quantitative estimate of drug-likeness (QED) is 0.780. The Hall–Kier alpha value is -2.44. The minimum absolute atomic E-state index is 0.0815. The summed E-state index contributed by atoms with van der Waals surface area (Å²) in [4.78, 5) is 12.1. The van der Waals surface area contributed by atoms with Crippen LogP contribution in [0.4, 0.5) is 13.2 Å². The van der Waals surface area contributed by atoms with Crippen LogP contribution < -0.4 is 10.5 Å². The summed E-state index contributed by atoms with van der Waals surface area (Å²) in [6, 6.07) is 5.73. The number of aromatic nitrogens is 1. The van der Waals surface area contributed by atoms with Gasteiger partial charge in [0.15, 0.2) is 0 Å². The van der Waals surface area contributed by atoms with Crippen LogP contribution in [0.1, 0.15) is 55.0 Å². The average molecular weight is 368 g/mol. The SMILES string of the molecule is CCCc1c(-c2cccc(OC(F)(F)F)c2)c(C(N)=O)c(C)n1C(C)C. The minimum atomic E-state index is -4.78. The van der Waals surface area contributed by atoms with E-state index in [-0.39, 0.29) is 11.8 Å². The Kier molecular flexibility index (Phi) is 5.68. The van der Waals surface area contributed by atoms with Crippen molar-refractivity contribution in [3.63, 3.8) is 0 Å². The van der Waals surface area contributed by atoms with Crippen LogP contribution >= 0.6 is 0 Å². The predicted octanol–water partition coefficient (Wildman–Crippen LogP) is 4.99. The summed E-state index contributed by atoms with van der Waals surface area (Å²) in [5.41, 5.74) is 8.61. The van der Waals surface area contributed by atoms with Crippen LogP contribution in [-0.4, -0.2) is 16.8 Å². The summed E-state index contributed by atoms with van der Waals surface area (Å²) in [6.45, 7) is 7.79. The number of hydrogen-bond donors (Lipinski definition) is 1. The maximum atomic E-state index is 12.6. The van der Waals surface area contributed by atoms with Crippen LogP contribution in [0.3, 0.4) is 0 Å². The molecule has 142 valence electrons. The number of rotatable bonds is 6. The molecule has 1 heterocycles.